The summed E-state index contributed by atoms with van der Waals surface area (Å²) in [5.41, 5.74) is 1.91. The fourth-order valence-corrected chi connectivity index (χ4v) is 4.32. The van der Waals surface area contributed by atoms with E-state index in [0.29, 0.717) is 11.5 Å². The molecule has 24 heavy (non-hydrogen) atoms. The van der Waals surface area contributed by atoms with Crippen LogP contribution in [0.4, 0.5) is 10.5 Å². The van der Waals surface area contributed by atoms with Crippen molar-refractivity contribution in [2.24, 2.45) is 5.41 Å². The van der Waals surface area contributed by atoms with Gasteiger partial charge in [0, 0.05) is 37.5 Å². The summed E-state index contributed by atoms with van der Waals surface area (Å²) in [5, 5.41) is 2.83. The first-order chi connectivity index (χ1) is 11.5. The number of amides is 1. The molecule has 1 saturated heterocycles. The third-order valence-corrected chi connectivity index (χ3v) is 5.87. The van der Waals surface area contributed by atoms with E-state index in [1.807, 2.05) is 18.2 Å². The highest BCUT2D eigenvalue weighted by Crippen LogP contribution is 2.44. The van der Waals surface area contributed by atoms with Crippen molar-refractivity contribution in [3.05, 3.63) is 42.0 Å². The van der Waals surface area contributed by atoms with Crippen LogP contribution in [-0.2, 0) is 10.3 Å². The zero-order chi connectivity index (χ0) is 16.8. The Morgan fingerprint density at radius 2 is 1.92 bits per heavy atom. The van der Waals surface area contributed by atoms with Gasteiger partial charge < -0.3 is 4.74 Å². The van der Waals surface area contributed by atoms with Crippen molar-refractivity contribution in [3.63, 3.8) is 0 Å². The maximum atomic E-state index is 12.0. The molecular weight excluding hydrogens is 300 g/mol. The molecule has 1 aromatic rings. The van der Waals surface area contributed by atoms with Crippen LogP contribution in [0.15, 0.2) is 36.4 Å². The largest absolute Gasteiger partial charge is 0.438 e. The van der Waals surface area contributed by atoms with Gasteiger partial charge in [-0.1, -0.05) is 44.2 Å². The summed E-state index contributed by atoms with van der Waals surface area (Å²) in [5.74, 6) is 0. The second-order valence-electron chi connectivity index (χ2n) is 8.04. The van der Waals surface area contributed by atoms with Gasteiger partial charge in [0.2, 0.25) is 0 Å². The van der Waals surface area contributed by atoms with E-state index in [9.17, 15) is 4.79 Å². The number of carbonyl (C=O) groups excluding carboxylic acids is 1. The SMILES string of the molecule is CC1(C)C=CC(N2CCC3(CC2)OC(=O)Nc2ccccc23)CC1. The number of allylic oxidation sites excluding steroid dienone is 1. The summed E-state index contributed by atoms with van der Waals surface area (Å²) < 4.78 is 5.82. The molecule has 3 aliphatic rings. The summed E-state index contributed by atoms with van der Waals surface area (Å²) in [6.45, 7) is 6.54. The van der Waals surface area contributed by atoms with Gasteiger partial charge in [-0.05, 0) is 24.3 Å². The zero-order valence-electron chi connectivity index (χ0n) is 14.5. The molecule has 1 unspecified atom stereocenters. The van der Waals surface area contributed by atoms with Gasteiger partial charge in [0.15, 0.2) is 0 Å². The summed E-state index contributed by atoms with van der Waals surface area (Å²) in [7, 11) is 0. The van der Waals surface area contributed by atoms with Crippen LogP contribution in [0.5, 0.6) is 0 Å². The number of piperidine rings is 1. The van der Waals surface area contributed by atoms with E-state index in [2.05, 4.69) is 42.3 Å². The first-order valence-electron chi connectivity index (χ1n) is 9.00. The Labute approximate surface area is 143 Å². The van der Waals surface area contributed by atoms with Crippen molar-refractivity contribution < 1.29 is 9.53 Å². The fraction of sp³-hybridized carbons (Fsp3) is 0.550. The second-order valence-corrected chi connectivity index (χ2v) is 8.04. The van der Waals surface area contributed by atoms with Gasteiger partial charge in [0.25, 0.3) is 0 Å². The smallest absolute Gasteiger partial charge is 0.412 e. The van der Waals surface area contributed by atoms with Gasteiger partial charge >= 0.3 is 6.09 Å². The summed E-state index contributed by atoms with van der Waals surface area (Å²) in [4.78, 5) is 14.5. The Bertz CT molecular complexity index is 672. The van der Waals surface area contributed by atoms with Crippen molar-refractivity contribution in [3.8, 4) is 0 Å². The molecule has 128 valence electrons. The third kappa shape index (κ3) is 2.73. The van der Waals surface area contributed by atoms with Gasteiger partial charge in [-0.3, -0.25) is 10.2 Å². The lowest BCUT2D eigenvalue weighted by molar-refractivity contribution is -0.0438. The van der Waals surface area contributed by atoms with E-state index in [1.165, 1.54) is 12.8 Å². The van der Waals surface area contributed by atoms with Crippen molar-refractivity contribution in [1.82, 2.24) is 4.90 Å². The van der Waals surface area contributed by atoms with Crippen LogP contribution in [0.1, 0.15) is 45.1 Å². The average molecular weight is 326 g/mol. The number of carbonyl (C=O) groups is 1. The molecule has 0 saturated carbocycles. The first kappa shape index (κ1) is 15.7. The summed E-state index contributed by atoms with van der Waals surface area (Å²) >= 11 is 0. The number of ether oxygens (including phenoxy) is 1. The Morgan fingerprint density at radius 3 is 2.62 bits per heavy atom. The lowest BCUT2D eigenvalue weighted by Crippen LogP contribution is -2.51. The minimum atomic E-state index is -0.451. The second kappa shape index (κ2) is 5.62. The van der Waals surface area contributed by atoms with Gasteiger partial charge in [-0.15, -0.1) is 0 Å². The van der Waals surface area contributed by atoms with Crippen molar-refractivity contribution in [1.29, 1.82) is 0 Å². The molecule has 4 heteroatoms. The highest BCUT2D eigenvalue weighted by atomic mass is 16.6. The Kier molecular flexibility index (Phi) is 3.68. The monoisotopic (exact) mass is 326 g/mol. The molecule has 1 spiro atoms. The molecule has 2 heterocycles. The molecule has 4 nitrogen and oxygen atoms in total. The number of nitrogens with zero attached hydrogens (tertiary/aromatic N) is 1. The Balaban J connectivity index is 1.51. The Morgan fingerprint density at radius 1 is 1.17 bits per heavy atom. The molecule has 1 atom stereocenters. The van der Waals surface area contributed by atoms with Gasteiger partial charge in [0.1, 0.15) is 5.60 Å². The van der Waals surface area contributed by atoms with Crippen LogP contribution < -0.4 is 5.32 Å². The third-order valence-electron chi connectivity index (χ3n) is 5.87. The van der Waals surface area contributed by atoms with Crippen LogP contribution >= 0.6 is 0 Å². The predicted molar refractivity (Wildman–Crippen MR) is 95.0 cm³/mol. The molecule has 1 aromatic carbocycles. The lowest BCUT2D eigenvalue weighted by Gasteiger charge is -2.46. The molecule has 1 fully saturated rings. The van der Waals surface area contributed by atoms with E-state index in [1.54, 1.807) is 0 Å². The maximum Gasteiger partial charge on any atom is 0.412 e. The number of nitrogens with one attached hydrogen (secondary N) is 1. The number of fused-ring (bicyclic) bond motifs is 2. The summed E-state index contributed by atoms with van der Waals surface area (Å²) in [6, 6.07) is 8.58. The number of hydrogen-bond donors (Lipinski definition) is 1. The van der Waals surface area contributed by atoms with E-state index in [4.69, 9.17) is 4.74 Å². The number of hydrogen-bond acceptors (Lipinski definition) is 3. The number of anilines is 1. The van der Waals surface area contributed by atoms with E-state index < -0.39 is 5.60 Å². The maximum absolute atomic E-state index is 12.0. The van der Waals surface area contributed by atoms with E-state index in [-0.39, 0.29) is 6.09 Å². The van der Waals surface area contributed by atoms with Crippen LogP contribution in [0, 0.1) is 5.41 Å². The highest BCUT2D eigenvalue weighted by molar-refractivity contribution is 5.88. The molecule has 2 aliphatic heterocycles. The van der Waals surface area contributed by atoms with Crippen molar-refractivity contribution in [2.75, 3.05) is 18.4 Å². The molecule has 0 radical (unpaired) electrons. The first-order valence-corrected chi connectivity index (χ1v) is 9.00. The standard InChI is InChI=1S/C20H26N2O2/c1-19(2)9-7-15(8-10-19)22-13-11-20(12-14-22)16-5-3-4-6-17(16)21-18(23)24-20/h3-7,9,15H,8,10-14H2,1-2H3,(H,21,23). The summed E-state index contributed by atoms with van der Waals surface area (Å²) in [6.07, 6.45) is 8.61. The molecule has 1 amide bonds. The van der Waals surface area contributed by atoms with E-state index in [0.717, 1.165) is 37.2 Å². The quantitative estimate of drug-likeness (QED) is 0.783. The van der Waals surface area contributed by atoms with Crippen LogP contribution in [-0.4, -0.2) is 30.1 Å². The van der Waals surface area contributed by atoms with E-state index >= 15 is 0 Å². The molecule has 0 aromatic heterocycles. The number of para-hydroxylation sites is 1. The normalized spacial score (nSPS) is 28.1. The topological polar surface area (TPSA) is 41.6 Å². The van der Waals surface area contributed by atoms with Gasteiger partial charge in [-0.2, -0.15) is 0 Å². The minimum Gasteiger partial charge on any atom is -0.438 e. The minimum absolute atomic E-state index is 0.318. The average Bonchev–Trinajstić information content (AvgIpc) is 2.56. The number of benzene rings is 1. The molecular formula is C20H26N2O2. The molecule has 1 N–H and O–H groups in total. The van der Waals surface area contributed by atoms with Crippen LogP contribution in [0.25, 0.3) is 0 Å². The van der Waals surface area contributed by atoms with Gasteiger partial charge in [-0.25, -0.2) is 4.79 Å². The van der Waals surface area contributed by atoms with Crippen molar-refractivity contribution in [2.45, 2.75) is 51.2 Å². The number of rotatable bonds is 1. The Hall–Kier alpha value is -1.81. The molecule has 1 aliphatic carbocycles. The zero-order valence-corrected chi connectivity index (χ0v) is 14.5. The molecule has 4 rings (SSSR count). The van der Waals surface area contributed by atoms with Crippen LogP contribution in [0.2, 0.25) is 0 Å². The molecule has 0 bridgehead atoms. The van der Waals surface area contributed by atoms with Crippen molar-refractivity contribution >= 4 is 11.8 Å². The van der Waals surface area contributed by atoms with Crippen LogP contribution in [0.3, 0.4) is 0 Å². The lowest BCUT2D eigenvalue weighted by atomic mass is 9.79. The number of likely N-dealkylation sites (tertiary alicyclic amines) is 1. The fourth-order valence-electron chi connectivity index (χ4n) is 4.32. The predicted octanol–water partition coefficient (Wildman–Crippen LogP) is 4.28. The highest BCUT2D eigenvalue weighted by Gasteiger charge is 2.45. The van der Waals surface area contributed by atoms with Gasteiger partial charge in [0.05, 0.1) is 5.69 Å².